The van der Waals surface area contributed by atoms with Crippen LogP contribution in [0.2, 0.25) is 0 Å². The van der Waals surface area contributed by atoms with Gasteiger partial charge in [-0.3, -0.25) is 4.68 Å². The number of carboxylic acid groups (broad SMARTS) is 1. The fourth-order valence-corrected chi connectivity index (χ4v) is 1.83. The van der Waals surface area contributed by atoms with Gasteiger partial charge in [-0.25, -0.2) is 9.18 Å². The lowest BCUT2D eigenvalue weighted by molar-refractivity contribution is 0.0697. The summed E-state index contributed by atoms with van der Waals surface area (Å²) >= 11 is 0. The first-order valence-electron chi connectivity index (χ1n) is 5.20. The van der Waals surface area contributed by atoms with Crippen LogP contribution in [0.3, 0.4) is 0 Å². The molecule has 0 unspecified atom stereocenters. The standard InChI is InChI=1S/C12H13FN2O2/c1-12(2,13)10-8-5-4-7(11(16)17)6-9(8)15(3)14-10/h4-6H,1-3H3,(H,16,17). The first kappa shape index (κ1) is 11.6. The highest BCUT2D eigenvalue weighted by Crippen LogP contribution is 2.30. The van der Waals surface area contributed by atoms with Gasteiger partial charge < -0.3 is 5.11 Å². The Kier molecular flexibility index (Phi) is 2.41. The Morgan fingerprint density at radius 1 is 1.47 bits per heavy atom. The third-order valence-electron chi connectivity index (χ3n) is 2.66. The highest BCUT2D eigenvalue weighted by molar-refractivity contribution is 5.94. The van der Waals surface area contributed by atoms with Crippen molar-refractivity contribution in [3.8, 4) is 0 Å². The second-order valence-corrected chi connectivity index (χ2v) is 4.48. The molecule has 2 aromatic rings. The quantitative estimate of drug-likeness (QED) is 0.871. The Balaban J connectivity index is 2.74. The zero-order valence-corrected chi connectivity index (χ0v) is 9.86. The molecule has 0 atom stereocenters. The van der Waals surface area contributed by atoms with Crippen LogP contribution in [0.4, 0.5) is 4.39 Å². The maximum absolute atomic E-state index is 13.9. The first-order chi connectivity index (χ1) is 7.80. The number of aryl methyl sites for hydroxylation is 1. The molecule has 0 aliphatic rings. The van der Waals surface area contributed by atoms with Crippen molar-refractivity contribution in [3.63, 3.8) is 0 Å². The number of fused-ring (bicyclic) bond motifs is 1. The molecular formula is C12H13FN2O2. The molecule has 1 N–H and O–H groups in total. The van der Waals surface area contributed by atoms with Crippen LogP contribution < -0.4 is 0 Å². The van der Waals surface area contributed by atoms with Crippen LogP contribution in [-0.2, 0) is 12.7 Å². The number of aromatic carboxylic acids is 1. The number of rotatable bonds is 2. The van der Waals surface area contributed by atoms with Crippen LogP contribution in [0, 0.1) is 0 Å². The molecule has 17 heavy (non-hydrogen) atoms. The van der Waals surface area contributed by atoms with Gasteiger partial charge in [0, 0.05) is 12.4 Å². The number of halogens is 1. The zero-order chi connectivity index (χ0) is 12.8. The van der Waals surface area contributed by atoms with Crippen molar-refractivity contribution in [2.24, 2.45) is 7.05 Å². The molecular weight excluding hydrogens is 223 g/mol. The van der Waals surface area contributed by atoms with Gasteiger partial charge in [-0.05, 0) is 32.0 Å². The molecule has 2 rings (SSSR count). The van der Waals surface area contributed by atoms with Gasteiger partial charge in [-0.2, -0.15) is 5.10 Å². The number of hydrogen-bond donors (Lipinski definition) is 1. The van der Waals surface area contributed by atoms with Gasteiger partial charge in [0.25, 0.3) is 0 Å². The molecule has 1 aromatic carbocycles. The summed E-state index contributed by atoms with van der Waals surface area (Å²) in [4.78, 5) is 10.9. The van der Waals surface area contributed by atoms with Crippen LogP contribution in [-0.4, -0.2) is 20.9 Å². The monoisotopic (exact) mass is 236 g/mol. The summed E-state index contributed by atoms with van der Waals surface area (Å²) in [7, 11) is 1.67. The van der Waals surface area contributed by atoms with E-state index in [1.165, 1.54) is 30.7 Å². The summed E-state index contributed by atoms with van der Waals surface area (Å²) in [5.41, 5.74) is -0.439. The number of carbonyl (C=O) groups is 1. The highest BCUT2D eigenvalue weighted by Gasteiger charge is 2.26. The third kappa shape index (κ3) is 1.88. The number of nitrogens with zero attached hydrogens (tertiary/aromatic N) is 2. The molecule has 4 nitrogen and oxygen atoms in total. The van der Waals surface area contributed by atoms with Gasteiger partial charge in [0.1, 0.15) is 11.4 Å². The number of benzene rings is 1. The summed E-state index contributed by atoms with van der Waals surface area (Å²) in [5, 5.41) is 13.7. The zero-order valence-electron chi connectivity index (χ0n) is 9.86. The first-order valence-corrected chi connectivity index (χ1v) is 5.20. The third-order valence-corrected chi connectivity index (χ3v) is 2.66. The van der Waals surface area contributed by atoms with E-state index in [9.17, 15) is 9.18 Å². The Bertz CT molecular complexity index is 596. The highest BCUT2D eigenvalue weighted by atomic mass is 19.1. The molecule has 0 aliphatic carbocycles. The SMILES string of the molecule is Cn1nc(C(C)(C)F)c2ccc(C(=O)O)cc21. The van der Waals surface area contributed by atoms with Gasteiger partial charge >= 0.3 is 5.97 Å². The second kappa shape index (κ2) is 3.55. The van der Waals surface area contributed by atoms with E-state index in [4.69, 9.17) is 5.11 Å². The largest absolute Gasteiger partial charge is 0.478 e. The topological polar surface area (TPSA) is 55.1 Å². The Hall–Kier alpha value is -1.91. The van der Waals surface area contributed by atoms with E-state index >= 15 is 0 Å². The van der Waals surface area contributed by atoms with Crippen LogP contribution in [0.25, 0.3) is 10.9 Å². The molecule has 0 fully saturated rings. The summed E-state index contributed by atoms with van der Waals surface area (Å²) < 4.78 is 15.4. The fourth-order valence-electron chi connectivity index (χ4n) is 1.83. The molecule has 1 heterocycles. The van der Waals surface area contributed by atoms with Crippen LogP contribution in [0.1, 0.15) is 29.9 Å². The molecule has 1 aromatic heterocycles. The molecule has 5 heteroatoms. The average Bonchev–Trinajstić information content (AvgIpc) is 2.55. The molecule has 0 amide bonds. The normalized spacial score (nSPS) is 12.0. The van der Waals surface area contributed by atoms with Gasteiger partial charge in [0.15, 0.2) is 0 Å². The fraction of sp³-hybridized carbons (Fsp3) is 0.333. The summed E-state index contributed by atoms with van der Waals surface area (Å²) in [6.45, 7) is 2.86. The van der Waals surface area contributed by atoms with Crippen molar-refractivity contribution in [2.45, 2.75) is 19.5 Å². The molecule has 90 valence electrons. The van der Waals surface area contributed by atoms with E-state index in [0.29, 0.717) is 16.6 Å². The minimum absolute atomic E-state index is 0.170. The Morgan fingerprint density at radius 3 is 2.65 bits per heavy atom. The van der Waals surface area contributed by atoms with Crippen molar-refractivity contribution in [1.82, 2.24) is 9.78 Å². The molecule has 0 bridgehead atoms. The van der Waals surface area contributed by atoms with Crippen molar-refractivity contribution in [3.05, 3.63) is 29.5 Å². The molecule has 0 saturated heterocycles. The maximum Gasteiger partial charge on any atom is 0.335 e. The maximum atomic E-state index is 13.9. The summed E-state index contributed by atoms with van der Waals surface area (Å²) in [5.74, 6) is -1.01. The van der Waals surface area contributed by atoms with E-state index in [2.05, 4.69) is 5.10 Å². The molecule has 0 saturated carbocycles. The van der Waals surface area contributed by atoms with Gasteiger partial charge in [-0.15, -0.1) is 0 Å². The van der Waals surface area contributed by atoms with Gasteiger partial charge in [-0.1, -0.05) is 0 Å². The molecule has 0 spiro atoms. The summed E-state index contributed by atoms with van der Waals surface area (Å²) in [6.07, 6.45) is 0. The van der Waals surface area contributed by atoms with E-state index in [1.54, 1.807) is 13.1 Å². The minimum atomic E-state index is -1.55. The van der Waals surface area contributed by atoms with Crippen molar-refractivity contribution in [1.29, 1.82) is 0 Å². The van der Waals surface area contributed by atoms with Crippen molar-refractivity contribution in [2.75, 3.05) is 0 Å². The number of hydrogen-bond acceptors (Lipinski definition) is 2. The van der Waals surface area contributed by atoms with Crippen LogP contribution in [0.15, 0.2) is 18.2 Å². The van der Waals surface area contributed by atoms with Gasteiger partial charge in [0.2, 0.25) is 0 Å². The number of carboxylic acids is 1. The van der Waals surface area contributed by atoms with E-state index in [0.717, 1.165) is 0 Å². The predicted octanol–water partition coefficient (Wildman–Crippen LogP) is 2.48. The van der Waals surface area contributed by atoms with Crippen LogP contribution in [0.5, 0.6) is 0 Å². The van der Waals surface area contributed by atoms with Crippen LogP contribution >= 0.6 is 0 Å². The Morgan fingerprint density at radius 2 is 2.12 bits per heavy atom. The number of aromatic nitrogens is 2. The minimum Gasteiger partial charge on any atom is -0.478 e. The van der Waals surface area contributed by atoms with E-state index in [1.807, 2.05) is 0 Å². The number of alkyl halides is 1. The molecule has 0 aliphatic heterocycles. The smallest absolute Gasteiger partial charge is 0.335 e. The predicted molar refractivity (Wildman–Crippen MR) is 61.8 cm³/mol. The van der Waals surface area contributed by atoms with Gasteiger partial charge in [0.05, 0.1) is 11.1 Å². The lowest BCUT2D eigenvalue weighted by atomic mass is 10.0. The van der Waals surface area contributed by atoms with E-state index in [-0.39, 0.29) is 5.56 Å². The van der Waals surface area contributed by atoms with Crippen molar-refractivity contribution < 1.29 is 14.3 Å². The van der Waals surface area contributed by atoms with Crippen molar-refractivity contribution >= 4 is 16.9 Å². The molecule has 0 radical (unpaired) electrons. The lowest BCUT2D eigenvalue weighted by Crippen LogP contribution is -2.10. The second-order valence-electron chi connectivity index (χ2n) is 4.48. The van der Waals surface area contributed by atoms with E-state index < -0.39 is 11.6 Å². The lowest BCUT2D eigenvalue weighted by Gasteiger charge is -2.10. The summed E-state index contributed by atoms with van der Waals surface area (Å²) in [6, 6.07) is 4.56. The Labute approximate surface area is 97.7 Å². The average molecular weight is 236 g/mol.